The molecule has 0 aromatic heterocycles. The summed E-state index contributed by atoms with van der Waals surface area (Å²) in [7, 11) is 0. The van der Waals surface area contributed by atoms with Crippen LogP contribution in [0.15, 0.2) is 79.9 Å². The van der Waals surface area contributed by atoms with Crippen molar-refractivity contribution < 1.29 is 24.2 Å². The number of hydrogen-bond acceptors (Lipinski definition) is 6. The van der Waals surface area contributed by atoms with E-state index < -0.39 is 33.4 Å². The summed E-state index contributed by atoms with van der Waals surface area (Å²) in [6.45, 7) is 16.6. The molecule has 3 fully saturated rings. The molecule has 1 N–H and O–H groups in total. The van der Waals surface area contributed by atoms with Crippen LogP contribution in [0, 0.1) is 11.8 Å². The molecule has 3 aliphatic rings. The number of hydrogen-bond donors (Lipinski definition) is 1. The van der Waals surface area contributed by atoms with Gasteiger partial charge >= 0.3 is 0 Å². The van der Waals surface area contributed by atoms with Crippen LogP contribution in [-0.4, -0.2) is 86.6 Å². The molecule has 0 radical (unpaired) electrons. The van der Waals surface area contributed by atoms with Crippen LogP contribution in [0.3, 0.4) is 0 Å². The number of thioether (sulfide) groups is 1. The first-order valence-corrected chi connectivity index (χ1v) is 17.1. The van der Waals surface area contributed by atoms with Crippen LogP contribution in [-0.2, 0) is 20.8 Å². The molecule has 5 rings (SSSR count). The number of amides is 3. The number of aliphatic hydroxyl groups is 1. The molecule has 3 aliphatic heterocycles. The summed E-state index contributed by atoms with van der Waals surface area (Å²) in [6.07, 6.45) is 5.13. The van der Waals surface area contributed by atoms with Gasteiger partial charge in [0.05, 0.1) is 35.8 Å². The summed E-state index contributed by atoms with van der Waals surface area (Å²) in [6, 6.07) is 15.5. The average Bonchev–Trinajstić information content (AvgIpc) is 3.62. The topological polar surface area (TPSA) is 90.4 Å². The van der Waals surface area contributed by atoms with Crippen LogP contribution < -0.4 is 9.64 Å². The van der Waals surface area contributed by atoms with E-state index in [9.17, 15) is 19.5 Å². The number of fused-ring (bicyclic) bond motifs is 1. The van der Waals surface area contributed by atoms with E-state index in [1.165, 1.54) is 0 Å². The number of nitrogens with zero attached hydrogens (tertiary/aromatic N) is 3. The summed E-state index contributed by atoms with van der Waals surface area (Å²) < 4.78 is 4.28. The van der Waals surface area contributed by atoms with Gasteiger partial charge in [0.15, 0.2) is 0 Å². The van der Waals surface area contributed by atoms with Crippen LogP contribution in [0.5, 0.6) is 5.75 Å². The van der Waals surface area contributed by atoms with Gasteiger partial charge in [0.2, 0.25) is 17.7 Å². The standard InChI is InChI=1S/C37H47N3O5S/c1-7-21-38(25(4)5)35(44)32-37-20-19-36(6,46-37)30(33(42)39(22-8-2)27-15-17-29(18-16-27)45-9-3)31(37)34(43)40(32)28(24-41)23-26-13-11-10-12-14-26/h7-8,10-18,25,28,30-32,41H,1-2,9,19-24H2,3-6H3/t28-,30+,31+,32?,36-,37?/m1/s1. The first kappa shape index (κ1) is 33.8. The van der Waals surface area contributed by atoms with Crippen molar-refractivity contribution in [3.63, 3.8) is 0 Å². The Bertz CT molecular complexity index is 1450. The fourth-order valence-corrected chi connectivity index (χ4v) is 10.2. The van der Waals surface area contributed by atoms with Crippen LogP contribution in [0.4, 0.5) is 5.69 Å². The van der Waals surface area contributed by atoms with Crippen molar-refractivity contribution in [3.05, 3.63) is 85.5 Å². The second-order valence-corrected chi connectivity index (χ2v) is 14.9. The molecule has 2 unspecified atom stereocenters. The zero-order valence-corrected chi connectivity index (χ0v) is 28.2. The van der Waals surface area contributed by atoms with Crippen LogP contribution >= 0.6 is 11.8 Å². The predicted molar refractivity (Wildman–Crippen MR) is 184 cm³/mol. The van der Waals surface area contributed by atoms with E-state index in [-0.39, 0.29) is 36.9 Å². The maximum atomic E-state index is 14.9. The summed E-state index contributed by atoms with van der Waals surface area (Å²) >= 11 is 1.64. The van der Waals surface area contributed by atoms with E-state index >= 15 is 0 Å². The van der Waals surface area contributed by atoms with E-state index in [1.54, 1.807) is 38.6 Å². The fourth-order valence-electron chi connectivity index (χ4n) is 7.91. The zero-order valence-electron chi connectivity index (χ0n) is 27.4. The number of carbonyl (C=O) groups is 3. The maximum Gasteiger partial charge on any atom is 0.247 e. The van der Waals surface area contributed by atoms with Gasteiger partial charge in [-0.1, -0.05) is 42.5 Å². The van der Waals surface area contributed by atoms with Gasteiger partial charge in [0.1, 0.15) is 11.8 Å². The lowest BCUT2D eigenvalue weighted by Crippen LogP contribution is -2.59. The normalized spacial score (nSPS) is 27.0. The van der Waals surface area contributed by atoms with Gasteiger partial charge in [0, 0.05) is 29.6 Å². The Labute approximate surface area is 277 Å². The Kier molecular flexibility index (Phi) is 10.0. The minimum absolute atomic E-state index is 0.126. The highest BCUT2D eigenvalue weighted by atomic mass is 32.2. The smallest absolute Gasteiger partial charge is 0.247 e. The lowest BCUT2D eigenvalue weighted by atomic mass is 9.66. The van der Waals surface area contributed by atoms with E-state index in [0.717, 1.165) is 5.56 Å². The molecule has 8 nitrogen and oxygen atoms in total. The Hall–Kier alpha value is -3.56. The van der Waals surface area contributed by atoms with Crippen molar-refractivity contribution in [1.82, 2.24) is 9.80 Å². The molecule has 2 aromatic carbocycles. The van der Waals surface area contributed by atoms with E-state index in [2.05, 4.69) is 20.1 Å². The van der Waals surface area contributed by atoms with Crippen molar-refractivity contribution >= 4 is 35.2 Å². The Morgan fingerprint density at radius 1 is 1.07 bits per heavy atom. The molecular formula is C37H47N3O5S. The highest BCUT2D eigenvalue weighted by Gasteiger charge is 2.78. The third-order valence-electron chi connectivity index (χ3n) is 9.90. The molecule has 2 bridgehead atoms. The number of benzene rings is 2. The quantitative estimate of drug-likeness (QED) is 0.287. The second-order valence-electron chi connectivity index (χ2n) is 13.0. The second kappa shape index (κ2) is 13.7. The van der Waals surface area contributed by atoms with Crippen molar-refractivity contribution in [1.29, 1.82) is 0 Å². The maximum absolute atomic E-state index is 14.9. The Balaban J connectivity index is 1.60. The molecule has 6 atom stereocenters. The molecule has 2 aromatic rings. The molecule has 46 heavy (non-hydrogen) atoms. The SMILES string of the molecule is C=CCN(C(=O)[C@@H]1[C@H]2C(=O)N([C@@H](CO)Cc3ccccc3)C(C(=O)N(CC=C)C(C)C)C23CC[C@@]1(C)S3)c1ccc(OCC)cc1. The minimum Gasteiger partial charge on any atom is -0.494 e. The molecule has 3 heterocycles. The van der Waals surface area contributed by atoms with E-state index in [1.807, 2.05) is 75.4 Å². The van der Waals surface area contributed by atoms with Gasteiger partial charge in [-0.05, 0) is 76.8 Å². The lowest BCUT2D eigenvalue weighted by Gasteiger charge is -2.40. The predicted octanol–water partition coefficient (Wildman–Crippen LogP) is 5.11. The summed E-state index contributed by atoms with van der Waals surface area (Å²) in [5, 5.41) is 10.8. The first-order valence-electron chi connectivity index (χ1n) is 16.3. The summed E-state index contributed by atoms with van der Waals surface area (Å²) in [5.74, 6) is -1.19. The first-order chi connectivity index (χ1) is 22.1. The van der Waals surface area contributed by atoms with Gasteiger partial charge in [-0.2, -0.15) is 0 Å². The minimum atomic E-state index is -0.823. The fraction of sp³-hybridized carbons (Fsp3) is 0.486. The molecule has 3 saturated heterocycles. The van der Waals surface area contributed by atoms with Crippen molar-refractivity contribution in [2.24, 2.45) is 11.8 Å². The highest BCUT2D eigenvalue weighted by Crippen LogP contribution is 2.72. The summed E-state index contributed by atoms with van der Waals surface area (Å²) in [4.78, 5) is 49.6. The van der Waals surface area contributed by atoms with Crippen LogP contribution in [0.1, 0.15) is 46.1 Å². The van der Waals surface area contributed by atoms with Gasteiger partial charge in [-0.15, -0.1) is 24.9 Å². The number of rotatable bonds is 14. The van der Waals surface area contributed by atoms with Gasteiger partial charge < -0.3 is 24.5 Å². The largest absolute Gasteiger partial charge is 0.494 e. The van der Waals surface area contributed by atoms with Crippen LogP contribution in [0.25, 0.3) is 0 Å². The van der Waals surface area contributed by atoms with E-state index in [4.69, 9.17) is 4.74 Å². The van der Waals surface area contributed by atoms with Gasteiger partial charge in [-0.3, -0.25) is 14.4 Å². The third kappa shape index (κ3) is 5.77. The molecule has 0 saturated carbocycles. The van der Waals surface area contributed by atoms with E-state index in [0.29, 0.717) is 43.9 Å². The molecule has 9 heteroatoms. The molecule has 0 aliphatic carbocycles. The zero-order chi connectivity index (χ0) is 33.2. The average molecular weight is 646 g/mol. The molecule has 246 valence electrons. The van der Waals surface area contributed by atoms with Crippen molar-refractivity contribution in [3.8, 4) is 5.75 Å². The molecule has 1 spiro atoms. The van der Waals surface area contributed by atoms with Crippen LogP contribution in [0.2, 0.25) is 0 Å². The number of likely N-dealkylation sites (tertiary alicyclic amines) is 1. The Morgan fingerprint density at radius 3 is 2.33 bits per heavy atom. The molecule has 3 amide bonds. The highest BCUT2D eigenvalue weighted by molar-refractivity contribution is 8.02. The van der Waals surface area contributed by atoms with Gasteiger partial charge in [-0.25, -0.2) is 0 Å². The Morgan fingerprint density at radius 2 is 1.74 bits per heavy atom. The van der Waals surface area contributed by atoms with Crippen molar-refractivity contribution in [2.75, 3.05) is 31.2 Å². The summed E-state index contributed by atoms with van der Waals surface area (Å²) in [5.41, 5.74) is 1.66. The number of aliphatic hydroxyl groups excluding tert-OH is 1. The number of ether oxygens (including phenoxy) is 1. The number of anilines is 1. The lowest BCUT2D eigenvalue weighted by molar-refractivity contribution is -0.146. The monoisotopic (exact) mass is 645 g/mol. The third-order valence-corrected chi connectivity index (χ3v) is 11.9. The number of carbonyl (C=O) groups excluding carboxylic acids is 3. The molecular weight excluding hydrogens is 598 g/mol. The van der Waals surface area contributed by atoms with Gasteiger partial charge in [0.25, 0.3) is 0 Å². The van der Waals surface area contributed by atoms with Crippen molar-refractivity contribution in [2.45, 2.75) is 74.6 Å².